The minimum absolute atomic E-state index is 0.650. The van der Waals surface area contributed by atoms with E-state index >= 15 is 0 Å². The Morgan fingerprint density at radius 1 is 1.04 bits per heavy atom. The molecule has 0 fully saturated rings. The molecule has 2 aromatic carbocycles. The Kier molecular flexibility index (Phi) is 9.52. The van der Waals surface area contributed by atoms with Gasteiger partial charge in [-0.15, -0.1) is 0 Å². The lowest BCUT2D eigenvalue weighted by atomic mass is 10.1. The molecule has 146 valence electrons. The van der Waals surface area contributed by atoms with Crippen molar-refractivity contribution >= 4 is 17.6 Å². The van der Waals surface area contributed by atoms with Crippen LogP contribution in [-0.4, -0.2) is 39.9 Å². The first kappa shape index (κ1) is 21.1. The van der Waals surface area contributed by atoms with Crippen LogP contribution in [-0.2, 0) is 17.7 Å². The average molecular weight is 390 g/mol. The van der Waals surface area contributed by atoms with E-state index in [0.29, 0.717) is 19.8 Å². The molecule has 0 saturated carbocycles. The highest BCUT2D eigenvalue weighted by Crippen LogP contribution is 2.13. The van der Waals surface area contributed by atoms with Crippen LogP contribution in [0.1, 0.15) is 17.5 Å². The van der Waals surface area contributed by atoms with Crippen molar-refractivity contribution in [3.05, 3.63) is 64.7 Å². The van der Waals surface area contributed by atoms with Gasteiger partial charge in [0.1, 0.15) is 5.75 Å². The number of benzene rings is 2. The molecule has 5 nitrogen and oxygen atoms in total. The van der Waals surface area contributed by atoms with Crippen LogP contribution >= 0.6 is 11.6 Å². The number of aliphatic imine (C=N–C) groups is 1. The third kappa shape index (κ3) is 8.33. The fourth-order valence-electron chi connectivity index (χ4n) is 2.56. The minimum Gasteiger partial charge on any atom is -0.493 e. The minimum atomic E-state index is 0.650. The van der Waals surface area contributed by atoms with Crippen molar-refractivity contribution in [2.45, 2.75) is 19.4 Å². The molecular formula is C21H28ClN3O2. The van der Waals surface area contributed by atoms with Crippen LogP contribution in [0.25, 0.3) is 0 Å². The lowest BCUT2D eigenvalue weighted by molar-refractivity contribution is 0.172. The molecule has 0 bridgehead atoms. The van der Waals surface area contributed by atoms with Gasteiger partial charge < -0.3 is 20.1 Å². The van der Waals surface area contributed by atoms with Crippen molar-refractivity contribution in [3.63, 3.8) is 0 Å². The first-order valence-electron chi connectivity index (χ1n) is 9.11. The molecule has 0 radical (unpaired) electrons. The van der Waals surface area contributed by atoms with Crippen LogP contribution in [0.3, 0.4) is 0 Å². The summed E-state index contributed by atoms with van der Waals surface area (Å²) < 4.78 is 10.8. The standard InChI is InChI=1S/C21H28ClN3O2/c1-23-21(24-11-10-17-6-3-8-19(22)14-17)25-16-18-7-4-9-20(15-18)27-13-5-12-26-2/h3-4,6-9,14-15H,5,10-13,16H2,1-2H3,(H2,23,24,25). The lowest BCUT2D eigenvalue weighted by Crippen LogP contribution is -2.37. The van der Waals surface area contributed by atoms with Crippen molar-refractivity contribution in [1.82, 2.24) is 10.6 Å². The summed E-state index contributed by atoms with van der Waals surface area (Å²) in [5.41, 5.74) is 2.33. The number of guanidine groups is 1. The van der Waals surface area contributed by atoms with Gasteiger partial charge in [-0.3, -0.25) is 4.99 Å². The summed E-state index contributed by atoms with van der Waals surface area (Å²) in [5, 5.41) is 7.41. The maximum Gasteiger partial charge on any atom is 0.191 e. The zero-order valence-electron chi connectivity index (χ0n) is 16.0. The third-order valence-electron chi connectivity index (χ3n) is 3.94. The zero-order valence-corrected chi connectivity index (χ0v) is 16.8. The maximum atomic E-state index is 6.02. The summed E-state index contributed by atoms with van der Waals surface area (Å²) in [6, 6.07) is 16.0. The largest absolute Gasteiger partial charge is 0.493 e. The molecule has 0 aliphatic heterocycles. The van der Waals surface area contributed by atoms with E-state index in [2.05, 4.69) is 27.8 Å². The fourth-order valence-corrected chi connectivity index (χ4v) is 2.78. The summed E-state index contributed by atoms with van der Waals surface area (Å²) in [6.45, 7) is 2.81. The van der Waals surface area contributed by atoms with E-state index in [4.69, 9.17) is 21.1 Å². The van der Waals surface area contributed by atoms with Gasteiger partial charge in [0.15, 0.2) is 5.96 Å². The Hall–Kier alpha value is -2.24. The summed E-state index contributed by atoms with van der Waals surface area (Å²) in [7, 11) is 3.46. The molecule has 2 N–H and O–H groups in total. The SMILES string of the molecule is CN=C(NCCc1cccc(Cl)c1)NCc1cccc(OCCCOC)c1. The molecule has 27 heavy (non-hydrogen) atoms. The van der Waals surface area contributed by atoms with Gasteiger partial charge in [0.05, 0.1) is 6.61 Å². The van der Waals surface area contributed by atoms with Crippen molar-refractivity contribution in [3.8, 4) is 5.75 Å². The highest BCUT2D eigenvalue weighted by Gasteiger charge is 2.01. The number of nitrogens with zero attached hydrogens (tertiary/aromatic N) is 1. The number of halogens is 1. The van der Waals surface area contributed by atoms with Crippen molar-refractivity contribution in [2.75, 3.05) is 33.9 Å². The highest BCUT2D eigenvalue weighted by molar-refractivity contribution is 6.30. The van der Waals surface area contributed by atoms with E-state index in [0.717, 1.165) is 41.7 Å². The number of methoxy groups -OCH3 is 1. The van der Waals surface area contributed by atoms with Crippen molar-refractivity contribution in [2.24, 2.45) is 4.99 Å². The number of hydrogen-bond acceptors (Lipinski definition) is 3. The van der Waals surface area contributed by atoms with Gasteiger partial charge in [-0.1, -0.05) is 35.9 Å². The first-order chi connectivity index (χ1) is 13.2. The molecule has 2 rings (SSSR count). The van der Waals surface area contributed by atoms with Crippen LogP contribution in [0.5, 0.6) is 5.75 Å². The van der Waals surface area contributed by atoms with E-state index in [1.807, 2.05) is 36.4 Å². The lowest BCUT2D eigenvalue weighted by Gasteiger charge is -2.13. The number of ether oxygens (including phenoxy) is 2. The molecule has 0 saturated heterocycles. The van der Waals surface area contributed by atoms with Gasteiger partial charge in [-0.05, 0) is 41.8 Å². The molecule has 0 aliphatic carbocycles. The Morgan fingerprint density at radius 2 is 1.85 bits per heavy atom. The Morgan fingerprint density at radius 3 is 2.63 bits per heavy atom. The molecule has 0 heterocycles. The van der Waals surface area contributed by atoms with Gasteiger partial charge in [-0.25, -0.2) is 0 Å². The smallest absolute Gasteiger partial charge is 0.191 e. The molecule has 2 aromatic rings. The van der Waals surface area contributed by atoms with Gasteiger partial charge >= 0.3 is 0 Å². The maximum absolute atomic E-state index is 6.02. The van der Waals surface area contributed by atoms with E-state index < -0.39 is 0 Å². The van der Waals surface area contributed by atoms with Gasteiger partial charge in [-0.2, -0.15) is 0 Å². The second-order valence-electron chi connectivity index (χ2n) is 6.07. The van der Waals surface area contributed by atoms with Crippen LogP contribution in [0.15, 0.2) is 53.5 Å². The van der Waals surface area contributed by atoms with Crippen molar-refractivity contribution in [1.29, 1.82) is 0 Å². The first-order valence-corrected chi connectivity index (χ1v) is 9.48. The van der Waals surface area contributed by atoms with Crippen LogP contribution in [0, 0.1) is 0 Å². The second-order valence-corrected chi connectivity index (χ2v) is 6.51. The number of nitrogens with one attached hydrogen (secondary N) is 2. The number of rotatable bonds is 10. The Bertz CT molecular complexity index is 722. The Labute approximate surface area is 166 Å². The third-order valence-corrected chi connectivity index (χ3v) is 4.17. The summed E-state index contributed by atoms with van der Waals surface area (Å²) in [5.74, 6) is 1.64. The molecule has 0 unspecified atom stereocenters. The van der Waals surface area contributed by atoms with Crippen LogP contribution < -0.4 is 15.4 Å². The number of hydrogen-bond donors (Lipinski definition) is 2. The van der Waals surface area contributed by atoms with Gasteiger partial charge in [0.25, 0.3) is 0 Å². The zero-order chi connectivity index (χ0) is 19.3. The van der Waals surface area contributed by atoms with E-state index in [1.54, 1.807) is 14.2 Å². The molecule has 0 atom stereocenters. The Balaban J connectivity index is 1.75. The molecule has 0 amide bonds. The van der Waals surface area contributed by atoms with E-state index in [9.17, 15) is 0 Å². The van der Waals surface area contributed by atoms with Gasteiger partial charge in [0.2, 0.25) is 0 Å². The van der Waals surface area contributed by atoms with Gasteiger partial charge in [0, 0.05) is 45.3 Å². The van der Waals surface area contributed by atoms with Crippen LogP contribution in [0.2, 0.25) is 5.02 Å². The summed E-state index contributed by atoms with van der Waals surface area (Å²) in [4.78, 5) is 4.27. The molecule has 0 spiro atoms. The summed E-state index contributed by atoms with van der Waals surface area (Å²) >= 11 is 6.02. The molecule has 0 aliphatic rings. The van der Waals surface area contributed by atoms with E-state index in [1.165, 1.54) is 5.56 Å². The fraction of sp³-hybridized carbons (Fsp3) is 0.381. The topological polar surface area (TPSA) is 54.9 Å². The highest BCUT2D eigenvalue weighted by atomic mass is 35.5. The predicted molar refractivity (Wildman–Crippen MR) is 112 cm³/mol. The molecule has 6 heteroatoms. The normalized spacial score (nSPS) is 11.3. The summed E-state index contributed by atoms with van der Waals surface area (Å²) in [6.07, 6.45) is 1.76. The predicted octanol–water partition coefficient (Wildman–Crippen LogP) is 3.66. The molecule has 0 aromatic heterocycles. The second kappa shape index (κ2) is 12.2. The monoisotopic (exact) mass is 389 g/mol. The quantitative estimate of drug-likeness (QED) is 0.370. The van der Waals surface area contributed by atoms with Crippen molar-refractivity contribution < 1.29 is 9.47 Å². The average Bonchev–Trinajstić information content (AvgIpc) is 2.68. The molecular weight excluding hydrogens is 362 g/mol. The van der Waals surface area contributed by atoms with Crippen LogP contribution in [0.4, 0.5) is 0 Å². The van der Waals surface area contributed by atoms with E-state index in [-0.39, 0.29) is 0 Å².